The Balaban J connectivity index is 2.05. The Morgan fingerprint density at radius 1 is 1.18 bits per heavy atom. The third kappa shape index (κ3) is 6.46. The van der Waals surface area contributed by atoms with Gasteiger partial charge in [0, 0.05) is 24.4 Å². The zero-order valence-electron chi connectivity index (χ0n) is 16.3. The van der Waals surface area contributed by atoms with E-state index in [1.165, 1.54) is 11.8 Å². The van der Waals surface area contributed by atoms with Crippen LogP contribution in [0.4, 0.5) is 0 Å². The van der Waals surface area contributed by atoms with Crippen LogP contribution in [-0.2, 0) is 21.9 Å². The molecule has 0 saturated carbocycles. The molecule has 2 rings (SSSR count). The molecular formula is C21H25ClN2O3S. The van der Waals surface area contributed by atoms with Gasteiger partial charge in [-0.15, -0.1) is 11.8 Å². The Labute approximate surface area is 175 Å². The number of hydrogen-bond acceptors (Lipinski definition) is 4. The van der Waals surface area contributed by atoms with Crippen molar-refractivity contribution in [2.45, 2.75) is 25.3 Å². The van der Waals surface area contributed by atoms with E-state index in [-0.39, 0.29) is 17.6 Å². The molecule has 150 valence electrons. The summed E-state index contributed by atoms with van der Waals surface area (Å²) in [4.78, 5) is 26.6. The first-order valence-electron chi connectivity index (χ1n) is 8.90. The molecule has 0 aliphatic carbocycles. The highest BCUT2D eigenvalue weighted by atomic mass is 35.5. The van der Waals surface area contributed by atoms with Gasteiger partial charge in [0.05, 0.1) is 12.9 Å². The summed E-state index contributed by atoms with van der Waals surface area (Å²) in [7, 11) is 3.17. The third-order valence-corrected chi connectivity index (χ3v) is 5.55. The molecular weight excluding hydrogens is 396 g/mol. The lowest BCUT2D eigenvalue weighted by Gasteiger charge is -2.28. The fourth-order valence-electron chi connectivity index (χ4n) is 2.68. The molecule has 0 aliphatic heterocycles. The average Bonchev–Trinajstić information content (AvgIpc) is 2.72. The summed E-state index contributed by atoms with van der Waals surface area (Å²) >= 11 is 7.41. The van der Waals surface area contributed by atoms with Crippen molar-refractivity contribution in [3.8, 4) is 5.75 Å². The van der Waals surface area contributed by atoms with Crippen LogP contribution in [0.25, 0.3) is 0 Å². The van der Waals surface area contributed by atoms with Gasteiger partial charge in [0.15, 0.2) is 0 Å². The number of hydrogen-bond donors (Lipinski definition) is 1. The highest BCUT2D eigenvalue weighted by Crippen LogP contribution is 2.19. The standard InChI is InChI=1S/C21H25ClN2O3S/c1-15(21(26)23-2)24(12-17-5-4-6-19(11-17)27-3)20(25)14-28-13-16-7-9-18(22)10-8-16/h4-11,15H,12-14H2,1-3H3,(H,23,26). The van der Waals surface area contributed by atoms with E-state index in [4.69, 9.17) is 16.3 Å². The number of benzene rings is 2. The van der Waals surface area contributed by atoms with Gasteiger partial charge in [0.25, 0.3) is 0 Å². The van der Waals surface area contributed by atoms with Crippen molar-refractivity contribution in [1.82, 2.24) is 10.2 Å². The van der Waals surface area contributed by atoms with Crippen LogP contribution < -0.4 is 10.1 Å². The monoisotopic (exact) mass is 420 g/mol. The molecule has 2 aromatic carbocycles. The Bertz CT molecular complexity index is 798. The maximum absolute atomic E-state index is 12.9. The third-order valence-electron chi connectivity index (χ3n) is 4.31. The lowest BCUT2D eigenvalue weighted by molar-refractivity contribution is -0.138. The summed E-state index contributed by atoms with van der Waals surface area (Å²) in [6.07, 6.45) is 0. The van der Waals surface area contributed by atoms with E-state index in [9.17, 15) is 9.59 Å². The number of methoxy groups -OCH3 is 1. The maximum atomic E-state index is 12.9. The van der Waals surface area contributed by atoms with Crippen molar-refractivity contribution in [2.75, 3.05) is 19.9 Å². The van der Waals surface area contributed by atoms with Crippen LogP contribution in [0.2, 0.25) is 5.02 Å². The SMILES string of the molecule is CNC(=O)C(C)N(Cc1cccc(OC)c1)C(=O)CSCc1ccc(Cl)cc1. The van der Waals surface area contributed by atoms with Gasteiger partial charge in [-0.1, -0.05) is 35.9 Å². The van der Waals surface area contributed by atoms with Crippen molar-refractivity contribution in [3.05, 3.63) is 64.7 Å². The summed E-state index contributed by atoms with van der Waals surface area (Å²) in [5.41, 5.74) is 2.01. The quantitative estimate of drug-likeness (QED) is 0.671. The number of likely N-dealkylation sites (N-methyl/N-ethyl adjacent to an activating group) is 1. The van der Waals surface area contributed by atoms with Crippen LogP contribution >= 0.6 is 23.4 Å². The summed E-state index contributed by atoms with van der Waals surface area (Å²) in [5, 5.41) is 3.31. The van der Waals surface area contributed by atoms with Crippen molar-refractivity contribution in [2.24, 2.45) is 0 Å². The largest absolute Gasteiger partial charge is 0.497 e. The molecule has 0 aliphatic rings. The summed E-state index contributed by atoms with van der Waals surface area (Å²) < 4.78 is 5.25. The van der Waals surface area contributed by atoms with Gasteiger partial charge in [-0.2, -0.15) is 0 Å². The van der Waals surface area contributed by atoms with E-state index in [1.807, 2.05) is 48.5 Å². The van der Waals surface area contributed by atoms with Crippen LogP contribution in [0.1, 0.15) is 18.1 Å². The Morgan fingerprint density at radius 3 is 2.54 bits per heavy atom. The van der Waals surface area contributed by atoms with Crippen LogP contribution in [0.15, 0.2) is 48.5 Å². The van der Waals surface area contributed by atoms with Crippen molar-refractivity contribution >= 4 is 35.2 Å². The predicted octanol–water partition coefficient (Wildman–Crippen LogP) is 3.75. The molecule has 1 atom stereocenters. The maximum Gasteiger partial charge on any atom is 0.242 e. The van der Waals surface area contributed by atoms with Gasteiger partial charge in [0.1, 0.15) is 11.8 Å². The second kappa shape index (κ2) is 11.0. The normalized spacial score (nSPS) is 11.6. The minimum Gasteiger partial charge on any atom is -0.497 e. The van der Waals surface area contributed by atoms with Crippen LogP contribution in [-0.4, -0.2) is 42.7 Å². The molecule has 0 aromatic heterocycles. The van der Waals surface area contributed by atoms with Crippen molar-refractivity contribution < 1.29 is 14.3 Å². The molecule has 1 unspecified atom stereocenters. The van der Waals surface area contributed by atoms with Crippen LogP contribution in [0.3, 0.4) is 0 Å². The van der Waals surface area contributed by atoms with Gasteiger partial charge >= 0.3 is 0 Å². The average molecular weight is 421 g/mol. The number of nitrogens with zero attached hydrogens (tertiary/aromatic N) is 1. The molecule has 0 radical (unpaired) electrons. The van der Waals surface area contributed by atoms with Gasteiger partial charge in [-0.3, -0.25) is 9.59 Å². The number of ether oxygens (including phenoxy) is 1. The van der Waals surface area contributed by atoms with Crippen LogP contribution in [0.5, 0.6) is 5.75 Å². The fraction of sp³-hybridized carbons (Fsp3) is 0.333. The smallest absolute Gasteiger partial charge is 0.242 e. The molecule has 2 amide bonds. The first-order chi connectivity index (χ1) is 13.4. The van der Waals surface area contributed by atoms with Gasteiger partial charge < -0.3 is 15.0 Å². The molecule has 28 heavy (non-hydrogen) atoms. The number of nitrogens with one attached hydrogen (secondary N) is 1. The molecule has 0 fully saturated rings. The minimum atomic E-state index is -0.570. The zero-order chi connectivity index (χ0) is 20.5. The predicted molar refractivity (Wildman–Crippen MR) is 115 cm³/mol. The summed E-state index contributed by atoms with van der Waals surface area (Å²) in [6, 6.07) is 14.5. The Morgan fingerprint density at radius 2 is 1.89 bits per heavy atom. The van der Waals surface area contributed by atoms with E-state index in [0.717, 1.165) is 16.9 Å². The molecule has 0 saturated heterocycles. The van der Waals surface area contributed by atoms with Gasteiger partial charge in [0.2, 0.25) is 11.8 Å². The summed E-state index contributed by atoms with van der Waals surface area (Å²) in [6.45, 7) is 2.08. The molecule has 5 nitrogen and oxygen atoms in total. The van der Waals surface area contributed by atoms with Crippen LogP contribution in [0, 0.1) is 0 Å². The highest BCUT2D eigenvalue weighted by Gasteiger charge is 2.25. The highest BCUT2D eigenvalue weighted by molar-refractivity contribution is 7.99. The molecule has 2 aromatic rings. The minimum absolute atomic E-state index is 0.0853. The van der Waals surface area contributed by atoms with E-state index < -0.39 is 6.04 Å². The number of halogens is 1. The van der Waals surface area contributed by atoms with E-state index in [0.29, 0.717) is 17.3 Å². The molecule has 7 heteroatoms. The lowest BCUT2D eigenvalue weighted by atomic mass is 10.1. The molecule has 0 spiro atoms. The van der Waals surface area contributed by atoms with E-state index in [1.54, 1.807) is 26.0 Å². The van der Waals surface area contributed by atoms with Gasteiger partial charge in [-0.25, -0.2) is 0 Å². The molecule has 0 bridgehead atoms. The second-order valence-electron chi connectivity index (χ2n) is 6.28. The number of rotatable bonds is 9. The Hall–Kier alpha value is -2.18. The lowest BCUT2D eigenvalue weighted by Crippen LogP contribution is -2.47. The number of thioether (sulfide) groups is 1. The van der Waals surface area contributed by atoms with E-state index >= 15 is 0 Å². The molecule has 0 heterocycles. The number of carbonyl (C=O) groups is 2. The van der Waals surface area contributed by atoms with E-state index in [2.05, 4.69) is 5.32 Å². The first kappa shape index (κ1) is 22.1. The summed E-state index contributed by atoms with van der Waals surface area (Å²) in [5.74, 6) is 1.42. The van der Waals surface area contributed by atoms with Crippen molar-refractivity contribution in [3.63, 3.8) is 0 Å². The first-order valence-corrected chi connectivity index (χ1v) is 10.4. The fourth-order valence-corrected chi connectivity index (χ4v) is 3.68. The Kier molecular flexibility index (Phi) is 8.67. The van der Waals surface area contributed by atoms with Gasteiger partial charge in [-0.05, 0) is 42.3 Å². The molecule has 1 N–H and O–H groups in total. The zero-order valence-corrected chi connectivity index (χ0v) is 17.8. The number of amides is 2. The van der Waals surface area contributed by atoms with Crippen molar-refractivity contribution in [1.29, 1.82) is 0 Å². The number of carbonyl (C=O) groups excluding carboxylic acids is 2. The topological polar surface area (TPSA) is 58.6 Å². The second-order valence-corrected chi connectivity index (χ2v) is 7.70.